The summed E-state index contributed by atoms with van der Waals surface area (Å²) >= 11 is 0. The van der Waals surface area contributed by atoms with E-state index >= 15 is 0 Å². The number of non-ortho nitro benzene ring substituents is 1. The largest absolute Gasteiger partial charge is 0.493 e. The van der Waals surface area contributed by atoms with Crippen molar-refractivity contribution in [2.75, 3.05) is 19.7 Å². The van der Waals surface area contributed by atoms with Gasteiger partial charge in [0.1, 0.15) is 5.75 Å². The lowest BCUT2D eigenvalue weighted by atomic mass is 9.90. The maximum Gasteiger partial charge on any atom is 0.422 e. The molecule has 5 rings (SSSR count). The van der Waals surface area contributed by atoms with Gasteiger partial charge in [0.25, 0.3) is 5.69 Å². The molecule has 0 spiro atoms. The first-order valence-corrected chi connectivity index (χ1v) is 13.7. The first-order valence-electron chi connectivity index (χ1n) is 13.7. The fraction of sp³-hybridized carbons (Fsp3) is 0.323. The van der Waals surface area contributed by atoms with E-state index in [2.05, 4.69) is 0 Å². The summed E-state index contributed by atoms with van der Waals surface area (Å²) in [5.74, 6) is -0.481. The molecule has 0 radical (unpaired) electrons. The van der Waals surface area contributed by atoms with Crippen LogP contribution >= 0.6 is 0 Å². The van der Waals surface area contributed by atoms with Crippen LogP contribution in [0.5, 0.6) is 5.75 Å². The van der Waals surface area contributed by atoms with Crippen molar-refractivity contribution in [1.82, 2.24) is 9.47 Å². The van der Waals surface area contributed by atoms with E-state index < -0.39 is 29.2 Å². The number of ether oxygens (including phenoxy) is 1. The third-order valence-corrected chi connectivity index (χ3v) is 7.74. The van der Waals surface area contributed by atoms with Crippen LogP contribution in [-0.2, 0) is 29.9 Å². The molecule has 0 aliphatic carbocycles. The molecule has 226 valence electrons. The second-order valence-corrected chi connectivity index (χ2v) is 10.7. The van der Waals surface area contributed by atoms with Crippen molar-refractivity contribution in [3.63, 3.8) is 0 Å². The topological polar surface area (TPSA) is 118 Å². The second kappa shape index (κ2) is 12.1. The molecule has 0 fully saturated rings. The van der Waals surface area contributed by atoms with E-state index in [0.29, 0.717) is 17.7 Å². The molecule has 1 aliphatic heterocycles. The molecular weight excluding hydrogens is 567 g/mol. The van der Waals surface area contributed by atoms with E-state index in [1.54, 1.807) is 42.5 Å². The summed E-state index contributed by atoms with van der Waals surface area (Å²) in [7, 11) is 0. The number of nitro groups is 1. The lowest BCUT2D eigenvalue weighted by Gasteiger charge is -2.38. The number of hydrogen-bond donors (Lipinski definition) is 2. The molecule has 0 saturated heterocycles. The number of rotatable bonds is 11. The van der Waals surface area contributed by atoms with E-state index in [0.717, 1.165) is 17.2 Å². The van der Waals surface area contributed by atoms with Crippen LogP contribution in [0.25, 0.3) is 10.9 Å². The molecule has 1 aromatic heterocycles. The number of hydrogen-bond acceptors (Lipinski definition) is 6. The predicted molar refractivity (Wildman–Crippen MR) is 152 cm³/mol. The predicted octanol–water partition coefficient (Wildman–Crippen LogP) is 5.65. The molecule has 12 heteroatoms. The van der Waals surface area contributed by atoms with E-state index in [-0.39, 0.29) is 61.2 Å². The minimum atomic E-state index is -5.08. The number of alkyl halides is 3. The normalized spacial score (nSPS) is 15.2. The number of carboxylic acid groups (broad SMARTS) is 1. The van der Waals surface area contributed by atoms with Crippen molar-refractivity contribution >= 4 is 22.6 Å². The number of β-amino-alcohol motifs (C(OH)–C–C–N with tert-alkyl or cyclic N) is 1. The highest BCUT2D eigenvalue weighted by Crippen LogP contribution is 2.44. The highest BCUT2D eigenvalue weighted by atomic mass is 19.4. The second-order valence-electron chi connectivity index (χ2n) is 10.7. The molecule has 0 bridgehead atoms. The standard InChI is InChI=1S/C31H30F3N3O6/c32-31(33,34)30(40,20-35-14-13-22-8-4-9-28(25(22)18-35)43-15-5-10-29(38)39)26-19-36(17-21-6-2-1-3-7-21)27-16-23(37(41)42)11-12-24(26)27/h1-4,6-9,11-12,16,19,40H,5,10,13-15,17-18,20H2,(H,38,39). The Morgan fingerprint density at radius 3 is 2.53 bits per heavy atom. The number of aliphatic hydroxyl groups is 1. The van der Waals surface area contributed by atoms with Gasteiger partial charge in [-0.2, -0.15) is 13.2 Å². The van der Waals surface area contributed by atoms with E-state index in [4.69, 9.17) is 9.84 Å². The van der Waals surface area contributed by atoms with Crippen LogP contribution in [0.2, 0.25) is 0 Å². The lowest BCUT2D eigenvalue weighted by Crippen LogP contribution is -2.52. The third kappa shape index (κ3) is 6.35. The van der Waals surface area contributed by atoms with Gasteiger partial charge in [0.2, 0.25) is 5.60 Å². The smallest absolute Gasteiger partial charge is 0.422 e. The number of aliphatic carboxylic acids is 1. The Hall–Kier alpha value is -4.42. The third-order valence-electron chi connectivity index (χ3n) is 7.74. The van der Waals surface area contributed by atoms with Gasteiger partial charge in [-0.1, -0.05) is 42.5 Å². The molecule has 3 aromatic carbocycles. The van der Waals surface area contributed by atoms with Crippen LogP contribution in [0.1, 0.15) is 35.1 Å². The number of carbonyl (C=O) groups is 1. The van der Waals surface area contributed by atoms with Gasteiger partial charge >= 0.3 is 12.1 Å². The van der Waals surface area contributed by atoms with Gasteiger partial charge in [0, 0.05) is 67.4 Å². The number of nitrogens with zero attached hydrogens (tertiary/aromatic N) is 3. The van der Waals surface area contributed by atoms with Crippen LogP contribution in [0.15, 0.2) is 72.9 Å². The van der Waals surface area contributed by atoms with Crippen molar-refractivity contribution < 1.29 is 37.8 Å². The number of halogens is 3. The molecule has 1 atom stereocenters. The Morgan fingerprint density at radius 2 is 1.84 bits per heavy atom. The summed E-state index contributed by atoms with van der Waals surface area (Å²) < 4.78 is 52.0. The van der Waals surface area contributed by atoms with Crippen LogP contribution in [0.3, 0.4) is 0 Å². The molecule has 2 heterocycles. The number of benzene rings is 3. The van der Waals surface area contributed by atoms with E-state index in [1.807, 2.05) is 6.07 Å². The maximum absolute atomic E-state index is 14.9. The van der Waals surface area contributed by atoms with Crippen molar-refractivity contribution in [1.29, 1.82) is 0 Å². The summed E-state index contributed by atoms with van der Waals surface area (Å²) in [6, 6.07) is 18.0. The fourth-order valence-electron chi connectivity index (χ4n) is 5.57. The summed E-state index contributed by atoms with van der Waals surface area (Å²) in [4.78, 5) is 23.2. The van der Waals surface area contributed by atoms with Crippen molar-refractivity contribution in [3.8, 4) is 5.75 Å². The Morgan fingerprint density at radius 1 is 1.07 bits per heavy atom. The Balaban J connectivity index is 1.49. The molecule has 0 saturated carbocycles. The number of aromatic nitrogens is 1. The quantitative estimate of drug-likeness (QED) is 0.130. The summed E-state index contributed by atoms with van der Waals surface area (Å²) in [5, 5.41) is 32.0. The van der Waals surface area contributed by atoms with Crippen LogP contribution in [0, 0.1) is 10.1 Å². The minimum Gasteiger partial charge on any atom is -0.493 e. The molecule has 4 aromatic rings. The van der Waals surface area contributed by atoms with E-state index in [1.165, 1.54) is 27.8 Å². The van der Waals surface area contributed by atoms with Gasteiger partial charge in [-0.15, -0.1) is 0 Å². The van der Waals surface area contributed by atoms with Crippen LogP contribution < -0.4 is 4.74 Å². The molecule has 2 N–H and O–H groups in total. The zero-order chi connectivity index (χ0) is 30.8. The molecular formula is C31H30F3N3O6. The zero-order valence-electron chi connectivity index (χ0n) is 23.1. The maximum atomic E-state index is 14.9. The number of fused-ring (bicyclic) bond motifs is 2. The Bertz CT molecular complexity index is 1640. The van der Waals surface area contributed by atoms with Crippen molar-refractivity contribution in [2.45, 2.75) is 44.1 Å². The highest BCUT2D eigenvalue weighted by Gasteiger charge is 2.57. The van der Waals surface area contributed by atoms with Crippen LogP contribution in [0.4, 0.5) is 18.9 Å². The summed E-state index contributed by atoms with van der Waals surface area (Å²) in [6.07, 6.45) is -3.20. The fourth-order valence-corrected chi connectivity index (χ4v) is 5.57. The number of nitro benzene ring substituents is 1. The summed E-state index contributed by atoms with van der Waals surface area (Å²) in [6.45, 7) is -0.155. The van der Waals surface area contributed by atoms with Gasteiger partial charge in [0.15, 0.2) is 0 Å². The Labute approximate surface area is 244 Å². The van der Waals surface area contributed by atoms with Gasteiger partial charge in [0.05, 0.1) is 17.0 Å². The first-order chi connectivity index (χ1) is 20.5. The van der Waals surface area contributed by atoms with Gasteiger partial charge in [-0.25, -0.2) is 0 Å². The minimum absolute atomic E-state index is 0.0687. The van der Waals surface area contributed by atoms with Crippen LogP contribution in [-0.4, -0.2) is 56.4 Å². The SMILES string of the molecule is O=C(O)CCCOc1cccc2c1CN(CC(O)(c1cn(Cc3ccccc3)c3cc([N+](=O)[O-])ccc13)C(F)(F)F)CC2. The average Bonchev–Trinajstić information content (AvgIpc) is 3.33. The van der Waals surface area contributed by atoms with Crippen molar-refractivity contribution in [2.24, 2.45) is 0 Å². The van der Waals surface area contributed by atoms with E-state index in [9.17, 15) is 33.2 Å². The molecule has 0 amide bonds. The number of carboxylic acids is 1. The molecule has 1 aliphatic rings. The highest BCUT2D eigenvalue weighted by molar-refractivity contribution is 5.87. The summed E-state index contributed by atoms with van der Waals surface area (Å²) in [5.41, 5.74) is -1.37. The molecule has 1 unspecified atom stereocenters. The lowest BCUT2D eigenvalue weighted by molar-refractivity contribution is -0.384. The molecule has 9 nitrogen and oxygen atoms in total. The zero-order valence-corrected chi connectivity index (χ0v) is 23.1. The average molecular weight is 598 g/mol. The van der Waals surface area contributed by atoms with Gasteiger partial charge in [-0.3, -0.25) is 19.8 Å². The Kier molecular flexibility index (Phi) is 8.43. The molecule has 43 heavy (non-hydrogen) atoms. The van der Waals surface area contributed by atoms with Gasteiger partial charge < -0.3 is 19.5 Å². The first kappa shape index (κ1) is 30.1. The van der Waals surface area contributed by atoms with Crippen molar-refractivity contribution in [3.05, 3.63) is 105 Å². The monoisotopic (exact) mass is 597 g/mol. The van der Waals surface area contributed by atoms with Gasteiger partial charge in [-0.05, 0) is 36.1 Å².